The first-order chi connectivity index (χ1) is 11.7. The summed E-state index contributed by atoms with van der Waals surface area (Å²) >= 11 is 0. The zero-order valence-corrected chi connectivity index (χ0v) is 17.0. The first kappa shape index (κ1) is 20.9. The van der Waals surface area contributed by atoms with Crippen molar-refractivity contribution in [2.45, 2.75) is 72.5 Å². The summed E-state index contributed by atoms with van der Waals surface area (Å²) in [4.78, 5) is 18.9. The maximum Gasteiger partial charge on any atom is 0.493 e. The maximum atomic E-state index is 12.7. The Morgan fingerprint density at radius 1 is 1.23 bits per heavy atom. The topological polar surface area (TPSA) is 82.9 Å². The van der Waals surface area contributed by atoms with Crippen molar-refractivity contribution in [2.24, 2.45) is 5.41 Å². The Morgan fingerprint density at radius 2 is 1.85 bits per heavy atom. The maximum absolute atomic E-state index is 12.7. The van der Waals surface area contributed by atoms with Crippen LogP contribution in [0.15, 0.2) is 12.3 Å². The van der Waals surface area contributed by atoms with Gasteiger partial charge in [0.1, 0.15) is 5.82 Å². The molecule has 26 heavy (non-hydrogen) atoms. The number of hydrogen-bond acceptors (Lipinski definition) is 5. The van der Waals surface area contributed by atoms with Crippen molar-refractivity contribution in [2.75, 3.05) is 11.4 Å². The lowest BCUT2D eigenvalue weighted by Gasteiger charge is -2.38. The first-order valence-electron chi connectivity index (χ1n) is 9.13. The SMILES string of the molecule is CC(C)(C)C(=O)N1CCCc2cc(B(O)OC(C)(C)C(C)(C)O)cnc21. The Bertz CT molecular complexity index is 677. The van der Waals surface area contributed by atoms with Crippen LogP contribution in [0.2, 0.25) is 0 Å². The van der Waals surface area contributed by atoms with Gasteiger partial charge < -0.3 is 14.8 Å². The van der Waals surface area contributed by atoms with Crippen LogP contribution < -0.4 is 10.4 Å². The van der Waals surface area contributed by atoms with Crippen molar-refractivity contribution in [3.63, 3.8) is 0 Å². The summed E-state index contributed by atoms with van der Waals surface area (Å²) in [6, 6.07) is 1.84. The van der Waals surface area contributed by atoms with E-state index in [0.717, 1.165) is 18.4 Å². The van der Waals surface area contributed by atoms with Crippen LogP contribution in [0.5, 0.6) is 0 Å². The predicted molar refractivity (Wildman–Crippen MR) is 103 cm³/mol. The van der Waals surface area contributed by atoms with Crippen LogP contribution in [0.25, 0.3) is 0 Å². The minimum absolute atomic E-state index is 0.0404. The summed E-state index contributed by atoms with van der Waals surface area (Å²) in [6.07, 6.45) is 3.19. The van der Waals surface area contributed by atoms with Crippen LogP contribution in [0.1, 0.15) is 60.5 Å². The van der Waals surface area contributed by atoms with Gasteiger partial charge in [-0.15, -0.1) is 0 Å². The number of fused-ring (bicyclic) bond motifs is 1. The highest BCUT2D eigenvalue weighted by atomic mass is 16.5. The second-order valence-corrected chi connectivity index (χ2v) is 9.10. The van der Waals surface area contributed by atoms with E-state index in [0.29, 0.717) is 17.8 Å². The summed E-state index contributed by atoms with van der Waals surface area (Å²) in [5.41, 5.74) is -1.10. The number of aromatic nitrogens is 1. The molecule has 1 aliphatic heterocycles. The summed E-state index contributed by atoms with van der Waals surface area (Å²) in [5.74, 6) is 0.701. The number of carbonyl (C=O) groups is 1. The standard InChI is InChI=1S/C19H31BN2O4/c1-17(2,3)16(23)22-10-8-9-13-11-14(12-21-15(13)22)20(25)26-19(6,7)18(4,5)24/h11-12,24-25H,8-10H2,1-7H3. The van der Waals surface area contributed by atoms with Crippen molar-refractivity contribution >= 4 is 24.3 Å². The van der Waals surface area contributed by atoms with Crippen LogP contribution in [-0.2, 0) is 15.9 Å². The third kappa shape index (κ3) is 4.27. The molecule has 0 spiro atoms. The van der Waals surface area contributed by atoms with Crippen LogP contribution >= 0.6 is 0 Å². The molecule has 0 atom stereocenters. The van der Waals surface area contributed by atoms with E-state index in [9.17, 15) is 14.9 Å². The molecule has 7 heteroatoms. The molecule has 2 N–H and O–H groups in total. The number of rotatable bonds is 4. The molecule has 2 rings (SSSR count). The molecule has 0 radical (unpaired) electrons. The van der Waals surface area contributed by atoms with E-state index in [2.05, 4.69) is 4.98 Å². The van der Waals surface area contributed by atoms with Gasteiger partial charge in [0.2, 0.25) is 5.91 Å². The van der Waals surface area contributed by atoms with Gasteiger partial charge >= 0.3 is 7.12 Å². The fourth-order valence-corrected chi connectivity index (χ4v) is 2.71. The highest BCUT2D eigenvalue weighted by Gasteiger charge is 2.40. The minimum Gasteiger partial charge on any atom is -0.423 e. The average molecular weight is 362 g/mol. The Labute approximate surface area is 156 Å². The van der Waals surface area contributed by atoms with Gasteiger partial charge in [0.25, 0.3) is 0 Å². The Morgan fingerprint density at radius 3 is 2.38 bits per heavy atom. The quantitative estimate of drug-likeness (QED) is 0.796. The van der Waals surface area contributed by atoms with Crippen LogP contribution in [0.4, 0.5) is 5.82 Å². The van der Waals surface area contributed by atoms with Gasteiger partial charge in [-0.25, -0.2) is 4.98 Å². The Hall–Kier alpha value is -1.44. The van der Waals surface area contributed by atoms with Gasteiger partial charge in [0, 0.05) is 23.6 Å². The van der Waals surface area contributed by atoms with Crippen molar-refractivity contribution in [3.8, 4) is 0 Å². The van der Waals surface area contributed by atoms with E-state index >= 15 is 0 Å². The molecule has 0 fully saturated rings. The predicted octanol–water partition coefficient (Wildman–Crippen LogP) is 1.66. The molecule has 0 unspecified atom stereocenters. The number of anilines is 1. The Kier molecular flexibility index (Phi) is 5.58. The molecule has 0 bridgehead atoms. The van der Waals surface area contributed by atoms with Crippen molar-refractivity contribution < 1.29 is 19.6 Å². The zero-order valence-electron chi connectivity index (χ0n) is 17.0. The highest BCUT2D eigenvalue weighted by Crippen LogP contribution is 2.29. The van der Waals surface area contributed by atoms with Gasteiger partial charge in [-0.3, -0.25) is 9.69 Å². The third-order valence-electron chi connectivity index (χ3n) is 5.10. The average Bonchev–Trinajstić information content (AvgIpc) is 2.50. The lowest BCUT2D eigenvalue weighted by molar-refractivity contribution is -0.125. The third-order valence-corrected chi connectivity index (χ3v) is 5.10. The number of pyridine rings is 1. The van der Waals surface area contributed by atoms with Gasteiger partial charge in [0.05, 0.1) is 11.2 Å². The summed E-state index contributed by atoms with van der Waals surface area (Å²) in [6.45, 7) is 13.1. The Balaban J connectivity index is 2.27. The molecule has 144 valence electrons. The molecule has 1 aromatic rings. The molecule has 1 amide bonds. The van der Waals surface area contributed by atoms with E-state index < -0.39 is 23.7 Å². The highest BCUT2D eigenvalue weighted by molar-refractivity contribution is 6.60. The van der Waals surface area contributed by atoms with Gasteiger partial charge in [0.15, 0.2) is 0 Å². The van der Waals surface area contributed by atoms with Crippen molar-refractivity contribution in [1.29, 1.82) is 0 Å². The lowest BCUT2D eigenvalue weighted by Crippen LogP contribution is -2.53. The summed E-state index contributed by atoms with van der Waals surface area (Å²) in [5, 5.41) is 20.7. The lowest BCUT2D eigenvalue weighted by atomic mass is 9.76. The summed E-state index contributed by atoms with van der Waals surface area (Å²) < 4.78 is 5.69. The molecule has 6 nitrogen and oxygen atoms in total. The second kappa shape index (κ2) is 6.95. The monoisotopic (exact) mass is 362 g/mol. The van der Waals surface area contributed by atoms with Crippen LogP contribution in [0, 0.1) is 5.41 Å². The largest absolute Gasteiger partial charge is 0.493 e. The molecule has 1 aliphatic rings. The van der Waals surface area contributed by atoms with Crippen LogP contribution in [0.3, 0.4) is 0 Å². The number of hydrogen-bond donors (Lipinski definition) is 2. The normalized spacial score (nSPS) is 15.7. The molecule has 0 aromatic carbocycles. The fraction of sp³-hybridized carbons (Fsp3) is 0.684. The molecular formula is C19H31BN2O4. The van der Waals surface area contributed by atoms with E-state index in [1.54, 1.807) is 32.6 Å². The number of nitrogens with zero attached hydrogens (tertiary/aromatic N) is 2. The second-order valence-electron chi connectivity index (χ2n) is 9.10. The first-order valence-corrected chi connectivity index (χ1v) is 9.13. The molecular weight excluding hydrogens is 331 g/mol. The van der Waals surface area contributed by atoms with Crippen molar-refractivity contribution in [1.82, 2.24) is 4.98 Å². The molecule has 1 aromatic heterocycles. The molecule has 2 heterocycles. The van der Waals surface area contributed by atoms with Crippen molar-refractivity contribution in [3.05, 3.63) is 17.8 Å². The van der Waals surface area contributed by atoms with Gasteiger partial charge in [-0.05, 0) is 46.1 Å². The van der Waals surface area contributed by atoms with Gasteiger partial charge in [-0.2, -0.15) is 0 Å². The smallest absolute Gasteiger partial charge is 0.423 e. The van der Waals surface area contributed by atoms with Gasteiger partial charge in [-0.1, -0.05) is 26.8 Å². The minimum atomic E-state index is -1.21. The van der Waals surface area contributed by atoms with E-state index in [-0.39, 0.29) is 5.91 Å². The number of carbonyl (C=O) groups excluding carboxylic acids is 1. The molecule has 0 saturated heterocycles. The van der Waals surface area contributed by atoms with E-state index in [1.165, 1.54) is 6.20 Å². The van der Waals surface area contributed by atoms with E-state index in [1.807, 2.05) is 26.8 Å². The van der Waals surface area contributed by atoms with E-state index in [4.69, 9.17) is 4.65 Å². The summed E-state index contributed by atoms with van der Waals surface area (Å²) in [7, 11) is -1.21. The molecule has 0 saturated carbocycles. The zero-order chi connectivity index (χ0) is 19.9. The number of aryl methyl sites for hydroxylation is 1. The number of amides is 1. The fourth-order valence-electron chi connectivity index (χ4n) is 2.71. The number of aliphatic hydroxyl groups is 1. The molecule has 0 aliphatic carbocycles. The van der Waals surface area contributed by atoms with Crippen LogP contribution in [-0.4, -0.2) is 45.9 Å².